The van der Waals surface area contributed by atoms with E-state index in [4.69, 9.17) is 5.73 Å². The van der Waals surface area contributed by atoms with Crippen LogP contribution in [0.4, 0.5) is 14.5 Å². The summed E-state index contributed by atoms with van der Waals surface area (Å²) in [7, 11) is 0. The molecule has 1 aliphatic carbocycles. The summed E-state index contributed by atoms with van der Waals surface area (Å²) in [5, 5.41) is 0. The van der Waals surface area contributed by atoms with E-state index < -0.39 is 11.6 Å². The molecule has 20 heavy (non-hydrogen) atoms. The fraction of sp³-hybridized carbons (Fsp3) is 0.533. The molecule has 1 amide bonds. The van der Waals surface area contributed by atoms with Gasteiger partial charge in [-0.25, -0.2) is 8.78 Å². The standard InChI is InChI=1S/C15H20F2N2O/c1-2-19(10-6-4-3-5-7-10)15(20)11-8-12(16)13(17)9-14(11)18/h8-10H,2-7,18H2,1H3. The number of carbonyl (C=O) groups is 1. The van der Waals surface area contributed by atoms with Crippen molar-refractivity contribution in [1.29, 1.82) is 0 Å². The Hall–Kier alpha value is -1.65. The molecule has 2 rings (SSSR count). The lowest BCUT2D eigenvalue weighted by atomic mass is 9.93. The fourth-order valence-corrected chi connectivity index (χ4v) is 2.86. The molecule has 0 unspecified atom stereocenters. The predicted octanol–water partition coefficient (Wildman–Crippen LogP) is 3.34. The van der Waals surface area contributed by atoms with Gasteiger partial charge in [0, 0.05) is 24.3 Å². The highest BCUT2D eigenvalue weighted by Gasteiger charge is 2.26. The first-order valence-corrected chi connectivity index (χ1v) is 7.10. The topological polar surface area (TPSA) is 46.3 Å². The van der Waals surface area contributed by atoms with Crippen LogP contribution >= 0.6 is 0 Å². The van der Waals surface area contributed by atoms with Gasteiger partial charge in [0.25, 0.3) is 5.91 Å². The molecule has 1 aromatic carbocycles. The Balaban J connectivity index is 2.26. The molecule has 0 bridgehead atoms. The minimum atomic E-state index is -1.04. The van der Waals surface area contributed by atoms with Gasteiger partial charge in [0.15, 0.2) is 11.6 Å². The molecule has 0 aliphatic heterocycles. The molecule has 5 heteroatoms. The molecule has 0 radical (unpaired) electrons. The predicted molar refractivity (Wildman–Crippen MR) is 74.4 cm³/mol. The van der Waals surface area contributed by atoms with Crippen LogP contribution in [0, 0.1) is 11.6 Å². The van der Waals surface area contributed by atoms with Gasteiger partial charge in [0.05, 0.1) is 5.56 Å². The summed E-state index contributed by atoms with van der Waals surface area (Å²) in [5.74, 6) is -2.38. The van der Waals surface area contributed by atoms with Gasteiger partial charge in [0.2, 0.25) is 0 Å². The molecular weight excluding hydrogens is 262 g/mol. The Morgan fingerprint density at radius 3 is 2.45 bits per heavy atom. The number of hydrogen-bond donors (Lipinski definition) is 1. The number of hydrogen-bond acceptors (Lipinski definition) is 2. The fourth-order valence-electron chi connectivity index (χ4n) is 2.86. The third-order valence-electron chi connectivity index (χ3n) is 3.94. The Kier molecular flexibility index (Phi) is 4.57. The normalized spacial score (nSPS) is 16.1. The van der Waals surface area contributed by atoms with E-state index in [0.717, 1.165) is 37.8 Å². The second kappa shape index (κ2) is 6.20. The smallest absolute Gasteiger partial charge is 0.256 e. The summed E-state index contributed by atoms with van der Waals surface area (Å²) in [5.41, 5.74) is 5.70. The number of amides is 1. The highest BCUT2D eigenvalue weighted by molar-refractivity contribution is 5.99. The van der Waals surface area contributed by atoms with Gasteiger partial charge in [-0.3, -0.25) is 4.79 Å². The Morgan fingerprint density at radius 1 is 1.25 bits per heavy atom. The van der Waals surface area contributed by atoms with Gasteiger partial charge in [-0.05, 0) is 25.8 Å². The van der Waals surface area contributed by atoms with E-state index in [2.05, 4.69) is 0 Å². The zero-order valence-corrected chi connectivity index (χ0v) is 11.7. The third kappa shape index (κ3) is 2.92. The Labute approximate surface area is 117 Å². The lowest BCUT2D eigenvalue weighted by Crippen LogP contribution is -2.41. The summed E-state index contributed by atoms with van der Waals surface area (Å²) in [4.78, 5) is 14.2. The van der Waals surface area contributed by atoms with E-state index in [1.165, 1.54) is 6.42 Å². The van der Waals surface area contributed by atoms with E-state index in [1.807, 2.05) is 6.92 Å². The van der Waals surface area contributed by atoms with Gasteiger partial charge in [-0.1, -0.05) is 19.3 Å². The van der Waals surface area contributed by atoms with E-state index in [0.29, 0.717) is 6.54 Å². The van der Waals surface area contributed by atoms with Crippen molar-refractivity contribution in [2.45, 2.75) is 45.1 Å². The summed E-state index contributed by atoms with van der Waals surface area (Å²) < 4.78 is 26.4. The molecule has 3 nitrogen and oxygen atoms in total. The van der Waals surface area contributed by atoms with Gasteiger partial charge >= 0.3 is 0 Å². The molecule has 2 N–H and O–H groups in total. The summed E-state index contributed by atoms with van der Waals surface area (Å²) in [6.45, 7) is 2.44. The van der Waals surface area contributed by atoms with Crippen LogP contribution in [0.3, 0.4) is 0 Å². The summed E-state index contributed by atoms with van der Waals surface area (Å²) >= 11 is 0. The molecule has 0 atom stereocenters. The molecule has 0 heterocycles. The van der Waals surface area contributed by atoms with Crippen molar-refractivity contribution >= 4 is 11.6 Å². The minimum Gasteiger partial charge on any atom is -0.398 e. The maximum atomic E-state index is 13.3. The van der Waals surface area contributed by atoms with Crippen molar-refractivity contribution in [2.75, 3.05) is 12.3 Å². The van der Waals surface area contributed by atoms with Crippen molar-refractivity contribution in [2.24, 2.45) is 0 Å². The van der Waals surface area contributed by atoms with Gasteiger partial charge in [0.1, 0.15) is 0 Å². The zero-order valence-electron chi connectivity index (χ0n) is 11.7. The SMILES string of the molecule is CCN(C(=O)c1cc(F)c(F)cc1N)C1CCCCC1. The number of nitrogen functional groups attached to an aromatic ring is 1. The quantitative estimate of drug-likeness (QED) is 0.864. The maximum Gasteiger partial charge on any atom is 0.256 e. The maximum absolute atomic E-state index is 13.3. The summed E-state index contributed by atoms with van der Waals surface area (Å²) in [6, 6.07) is 1.95. The van der Waals surface area contributed by atoms with Crippen LogP contribution < -0.4 is 5.73 Å². The zero-order chi connectivity index (χ0) is 14.7. The monoisotopic (exact) mass is 282 g/mol. The molecule has 110 valence electrons. The lowest BCUT2D eigenvalue weighted by molar-refractivity contribution is 0.0648. The van der Waals surface area contributed by atoms with E-state index in [-0.39, 0.29) is 23.2 Å². The number of nitrogens with zero attached hydrogens (tertiary/aromatic N) is 1. The van der Waals surface area contributed by atoms with Crippen LogP contribution in [-0.4, -0.2) is 23.4 Å². The molecule has 1 fully saturated rings. The van der Waals surface area contributed by atoms with Crippen LogP contribution in [0.2, 0.25) is 0 Å². The number of anilines is 1. The molecule has 1 aromatic rings. The molecule has 1 aliphatic rings. The second-order valence-corrected chi connectivity index (χ2v) is 5.24. The van der Waals surface area contributed by atoms with E-state index >= 15 is 0 Å². The average molecular weight is 282 g/mol. The third-order valence-corrected chi connectivity index (χ3v) is 3.94. The van der Waals surface area contributed by atoms with Crippen molar-refractivity contribution < 1.29 is 13.6 Å². The van der Waals surface area contributed by atoms with Crippen LogP contribution in [-0.2, 0) is 0 Å². The van der Waals surface area contributed by atoms with E-state index in [9.17, 15) is 13.6 Å². The number of rotatable bonds is 3. The van der Waals surface area contributed by atoms with Crippen molar-refractivity contribution in [1.82, 2.24) is 4.90 Å². The van der Waals surface area contributed by atoms with Crippen LogP contribution in [0.15, 0.2) is 12.1 Å². The van der Waals surface area contributed by atoms with Gasteiger partial charge < -0.3 is 10.6 Å². The molecule has 0 aromatic heterocycles. The average Bonchev–Trinajstić information content (AvgIpc) is 2.44. The summed E-state index contributed by atoms with van der Waals surface area (Å²) in [6.07, 6.45) is 5.31. The van der Waals surface area contributed by atoms with Gasteiger partial charge in [-0.2, -0.15) is 0 Å². The van der Waals surface area contributed by atoms with Crippen LogP contribution in [0.5, 0.6) is 0 Å². The van der Waals surface area contributed by atoms with Crippen molar-refractivity contribution in [3.8, 4) is 0 Å². The largest absolute Gasteiger partial charge is 0.398 e. The van der Waals surface area contributed by atoms with E-state index in [1.54, 1.807) is 4.90 Å². The Morgan fingerprint density at radius 2 is 1.85 bits per heavy atom. The highest BCUT2D eigenvalue weighted by atomic mass is 19.2. The Bertz CT molecular complexity index is 499. The number of benzene rings is 1. The van der Waals surface area contributed by atoms with Crippen molar-refractivity contribution in [3.63, 3.8) is 0 Å². The lowest BCUT2D eigenvalue weighted by Gasteiger charge is -2.34. The number of carbonyl (C=O) groups excluding carboxylic acids is 1. The first-order valence-electron chi connectivity index (χ1n) is 7.10. The molecule has 0 spiro atoms. The number of halogens is 2. The van der Waals surface area contributed by atoms with Crippen LogP contribution in [0.25, 0.3) is 0 Å². The minimum absolute atomic E-state index is 0.0110. The second-order valence-electron chi connectivity index (χ2n) is 5.24. The molecular formula is C15H20F2N2O. The first-order chi connectivity index (χ1) is 9.54. The number of nitrogens with two attached hydrogens (primary N) is 1. The molecule has 1 saturated carbocycles. The first kappa shape index (κ1) is 14.8. The highest BCUT2D eigenvalue weighted by Crippen LogP contribution is 2.26. The van der Waals surface area contributed by atoms with Crippen LogP contribution in [0.1, 0.15) is 49.4 Å². The van der Waals surface area contributed by atoms with Gasteiger partial charge in [-0.15, -0.1) is 0 Å². The van der Waals surface area contributed by atoms with Crippen molar-refractivity contribution in [3.05, 3.63) is 29.3 Å². The molecule has 0 saturated heterocycles.